The quantitative estimate of drug-likeness (QED) is 0.827. The molecule has 2 rings (SSSR count). The minimum atomic E-state index is -3.77. The van der Waals surface area contributed by atoms with Crippen molar-refractivity contribution in [2.45, 2.75) is 37.2 Å². The van der Waals surface area contributed by atoms with E-state index in [1.807, 2.05) is 0 Å². The fourth-order valence-corrected chi connectivity index (χ4v) is 3.20. The minimum Gasteiger partial charge on any atom is -0.398 e. The molecule has 20 heavy (non-hydrogen) atoms. The third kappa shape index (κ3) is 3.47. The summed E-state index contributed by atoms with van der Waals surface area (Å²) in [6, 6.07) is 2.25. The van der Waals surface area contributed by atoms with Crippen LogP contribution in [0.5, 0.6) is 0 Å². The standard InChI is InChI=1S/C13H19FN2O3S/c1-9-12(14)6-11(7-13(9)15)20(17,18)16-8-10-4-2-3-5-19-10/h6-7,10,16H,2-5,8,15H2,1H3. The van der Waals surface area contributed by atoms with Crippen molar-refractivity contribution < 1.29 is 17.5 Å². The minimum absolute atomic E-state index is 0.119. The number of rotatable bonds is 4. The summed E-state index contributed by atoms with van der Waals surface area (Å²) in [6.07, 6.45) is 2.74. The zero-order valence-corrected chi connectivity index (χ0v) is 12.2. The number of benzene rings is 1. The first-order chi connectivity index (χ1) is 9.40. The predicted octanol–water partition coefficient (Wildman–Crippen LogP) is 1.56. The molecule has 0 radical (unpaired) electrons. The number of hydrogen-bond donors (Lipinski definition) is 2. The molecule has 1 heterocycles. The maximum absolute atomic E-state index is 13.6. The monoisotopic (exact) mass is 302 g/mol. The lowest BCUT2D eigenvalue weighted by molar-refractivity contribution is 0.0200. The van der Waals surface area contributed by atoms with E-state index in [1.54, 1.807) is 0 Å². The molecule has 0 aromatic heterocycles. The van der Waals surface area contributed by atoms with Crippen molar-refractivity contribution in [2.75, 3.05) is 18.9 Å². The largest absolute Gasteiger partial charge is 0.398 e. The molecular weight excluding hydrogens is 283 g/mol. The van der Waals surface area contributed by atoms with E-state index < -0.39 is 15.8 Å². The molecule has 0 saturated carbocycles. The fourth-order valence-electron chi connectivity index (χ4n) is 2.08. The molecule has 0 bridgehead atoms. The van der Waals surface area contributed by atoms with Gasteiger partial charge >= 0.3 is 0 Å². The van der Waals surface area contributed by atoms with Crippen molar-refractivity contribution in [1.29, 1.82) is 0 Å². The van der Waals surface area contributed by atoms with E-state index in [1.165, 1.54) is 13.0 Å². The highest BCUT2D eigenvalue weighted by Crippen LogP contribution is 2.21. The van der Waals surface area contributed by atoms with Gasteiger partial charge in [0, 0.05) is 24.4 Å². The number of halogens is 1. The summed E-state index contributed by atoms with van der Waals surface area (Å²) in [6.45, 7) is 2.35. The Hall–Kier alpha value is -1.18. The van der Waals surface area contributed by atoms with Crippen LogP contribution in [0, 0.1) is 12.7 Å². The molecular formula is C13H19FN2O3S. The second-order valence-corrected chi connectivity index (χ2v) is 6.73. The predicted molar refractivity (Wildman–Crippen MR) is 74.3 cm³/mol. The van der Waals surface area contributed by atoms with Crippen molar-refractivity contribution in [1.82, 2.24) is 4.72 Å². The molecule has 7 heteroatoms. The Morgan fingerprint density at radius 1 is 1.45 bits per heavy atom. The number of nitrogen functional groups attached to an aromatic ring is 1. The first kappa shape index (κ1) is 15.2. The van der Waals surface area contributed by atoms with Crippen LogP contribution in [0.3, 0.4) is 0 Å². The highest BCUT2D eigenvalue weighted by atomic mass is 32.2. The molecule has 1 aliphatic rings. The molecule has 0 amide bonds. The maximum Gasteiger partial charge on any atom is 0.240 e. The molecule has 5 nitrogen and oxygen atoms in total. The number of nitrogens with one attached hydrogen (secondary N) is 1. The summed E-state index contributed by atoms with van der Waals surface area (Å²) >= 11 is 0. The van der Waals surface area contributed by atoms with Gasteiger partial charge in [-0.05, 0) is 38.3 Å². The lowest BCUT2D eigenvalue weighted by atomic mass is 10.1. The Balaban J connectivity index is 2.10. The van der Waals surface area contributed by atoms with E-state index in [2.05, 4.69) is 4.72 Å². The Morgan fingerprint density at radius 2 is 2.20 bits per heavy atom. The number of sulfonamides is 1. The second-order valence-electron chi connectivity index (χ2n) is 4.96. The van der Waals surface area contributed by atoms with Crippen LogP contribution in [-0.4, -0.2) is 27.7 Å². The number of ether oxygens (including phenoxy) is 1. The first-order valence-electron chi connectivity index (χ1n) is 6.57. The van der Waals surface area contributed by atoms with E-state index in [0.29, 0.717) is 6.61 Å². The van der Waals surface area contributed by atoms with Gasteiger partial charge in [0.15, 0.2) is 0 Å². The smallest absolute Gasteiger partial charge is 0.240 e. The highest BCUT2D eigenvalue weighted by molar-refractivity contribution is 7.89. The van der Waals surface area contributed by atoms with Crippen LogP contribution >= 0.6 is 0 Å². The molecule has 1 unspecified atom stereocenters. The molecule has 1 saturated heterocycles. The average molecular weight is 302 g/mol. The highest BCUT2D eigenvalue weighted by Gasteiger charge is 2.20. The van der Waals surface area contributed by atoms with Gasteiger partial charge in [0.05, 0.1) is 11.0 Å². The molecule has 0 aliphatic carbocycles. The summed E-state index contributed by atoms with van der Waals surface area (Å²) in [5.41, 5.74) is 5.97. The fraction of sp³-hybridized carbons (Fsp3) is 0.538. The van der Waals surface area contributed by atoms with Crippen molar-refractivity contribution in [3.63, 3.8) is 0 Å². The average Bonchev–Trinajstić information content (AvgIpc) is 2.43. The zero-order chi connectivity index (χ0) is 14.8. The van der Waals surface area contributed by atoms with Gasteiger partial charge in [-0.2, -0.15) is 0 Å². The molecule has 0 spiro atoms. The lowest BCUT2D eigenvalue weighted by Gasteiger charge is -2.22. The van der Waals surface area contributed by atoms with Gasteiger partial charge in [-0.25, -0.2) is 17.5 Å². The van der Waals surface area contributed by atoms with Gasteiger partial charge in [-0.15, -0.1) is 0 Å². The molecule has 3 N–H and O–H groups in total. The summed E-state index contributed by atoms with van der Waals surface area (Å²) < 4.78 is 45.7. The van der Waals surface area contributed by atoms with Gasteiger partial charge in [0.2, 0.25) is 10.0 Å². The third-order valence-corrected chi connectivity index (χ3v) is 4.85. The normalized spacial score (nSPS) is 20.0. The first-order valence-corrected chi connectivity index (χ1v) is 8.05. The third-order valence-electron chi connectivity index (χ3n) is 3.44. The van der Waals surface area contributed by atoms with Crippen LogP contribution in [0.15, 0.2) is 17.0 Å². The zero-order valence-electron chi connectivity index (χ0n) is 11.4. The summed E-state index contributed by atoms with van der Waals surface area (Å²) in [4.78, 5) is -0.158. The summed E-state index contributed by atoms with van der Waals surface area (Å²) in [7, 11) is -3.77. The van der Waals surface area contributed by atoms with Gasteiger partial charge in [0.25, 0.3) is 0 Å². The number of hydrogen-bond acceptors (Lipinski definition) is 4. The summed E-state index contributed by atoms with van der Waals surface area (Å²) in [5, 5.41) is 0. The van der Waals surface area contributed by atoms with E-state index >= 15 is 0 Å². The Bertz CT molecular complexity index is 560. The molecule has 1 atom stereocenters. The summed E-state index contributed by atoms with van der Waals surface area (Å²) in [5.74, 6) is -0.626. The number of nitrogens with two attached hydrogens (primary N) is 1. The van der Waals surface area contributed by atoms with Crippen LogP contribution in [0.2, 0.25) is 0 Å². The SMILES string of the molecule is Cc1c(N)cc(S(=O)(=O)NCC2CCCCO2)cc1F. The van der Waals surface area contributed by atoms with Crippen LogP contribution in [0.1, 0.15) is 24.8 Å². The van der Waals surface area contributed by atoms with Gasteiger partial charge in [0.1, 0.15) is 5.82 Å². The molecule has 1 aromatic carbocycles. The van der Waals surface area contributed by atoms with E-state index in [9.17, 15) is 12.8 Å². The Labute approximate surface area is 118 Å². The van der Waals surface area contributed by atoms with Crippen LogP contribution < -0.4 is 10.5 Å². The van der Waals surface area contributed by atoms with Crippen molar-refractivity contribution in [3.05, 3.63) is 23.5 Å². The van der Waals surface area contributed by atoms with E-state index in [-0.39, 0.29) is 28.8 Å². The van der Waals surface area contributed by atoms with Gasteiger partial charge in [-0.1, -0.05) is 0 Å². The van der Waals surface area contributed by atoms with E-state index in [0.717, 1.165) is 25.3 Å². The van der Waals surface area contributed by atoms with Crippen LogP contribution in [0.25, 0.3) is 0 Å². The van der Waals surface area contributed by atoms with E-state index in [4.69, 9.17) is 10.5 Å². The van der Waals surface area contributed by atoms with Crippen LogP contribution in [-0.2, 0) is 14.8 Å². The van der Waals surface area contributed by atoms with Crippen LogP contribution in [0.4, 0.5) is 10.1 Å². The molecule has 1 aliphatic heterocycles. The topological polar surface area (TPSA) is 81.4 Å². The molecule has 112 valence electrons. The molecule has 1 fully saturated rings. The maximum atomic E-state index is 13.6. The number of anilines is 1. The van der Waals surface area contributed by atoms with Crippen molar-refractivity contribution in [3.8, 4) is 0 Å². The molecule has 1 aromatic rings. The Kier molecular flexibility index (Phi) is 4.62. The van der Waals surface area contributed by atoms with Crippen molar-refractivity contribution in [2.24, 2.45) is 0 Å². The van der Waals surface area contributed by atoms with Crippen molar-refractivity contribution >= 4 is 15.7 Å². The Morgan fingerprint density at radius 3 is 2.80 bits per heavy atom. The van der Waals surface area contributed by atoms with Gasteiger partial charge in [-0.3, -0.25) is 0 Å². The van der Waals surface area contributed by atoms with Gasteiger partial charge < -0.3 is 10.5 Å². The second kappa shape index (κ2) is 6.07. The lowest BCUT2D eigenvalue weighted by Crippen LogP contribution is -2.35.